The fraction of sp³-hybridized carbons (Fsp3) is 0.364. The Labute approximate surface area is 166 Å². The van der Waals surface area contributed by atoms with Gasteiger partial charge in [-0.3, -0.25) is 9.59 Å². The number of ether oxygens (including phenoxy) is 1. The molecule has 6 heteroatoms. The number of likely N-dealkylation sites (N-methyl/N-ethyl adjacent to an activating group) is 1. The van der Waals surface area contributed by atoms with E-state index in [0.717, 1.165) is 28.3 Å². The van der Waals surface area contributed by atoms with Crippen molar-refractivity contribution in [3.05, 3.63) is 54.1 Å². The molecule has 0 bridgehead atoms. The van der Waals surface area contributed by atoms with Gasteiger partial charge in [0.15, 0.2) is 13.1 Å². The summed E-state index contributed by atoms with van der Waals surface area (Å²) in [6, 6.07) is 15.0. The lowest BCUT2D eigenvalue weighted by molar-refractivity contribution is -0.862. The molecule has 2 aromatic rings. The topological polar surface area (TPSA) is 71.9 Å². The number of methoxy groups -OCH3 is 1. The van der Waals surface area contributed by atoms with Gasteiger partial charge in [-0.1, -0.05) is 32.0 Å². The van der Waals surface area contributed by atoms with Crippen molar-refractivity contribution in [2.24, 2.45) is 0 Å². The molecule has 6 nitrogen and oxygen atoms in total. The monoisotopic (exact) mass is 384 g/mol. The van der Waals surface area contributed by atoms with E-state index in [0.29, 0.717) is 11.6 Å². The van der Waals surface area contributed by atoms with Gasteiger partial charge in [0, 0.05) is 11.4 Å². The van der Waals surface area contributed by atoms with Gasteiger partial charge in [0.1, 0.15) is 5.75 Å². The quantitative estimate of drug-likeness (QED) is 0.621. The van der Waals surface area contributed by atoms with Crippen LogP contribution >= 0.6 is 0 Å². The third-order valence-electron chi connectivity index (χ3n) is 4.68. The molecular weight excluding hydrogens is 354 g/mol. The first-order valence-corrected chi connectivity index (χ1v) is 9.56. The van der Waals surface area contributed by atoms with Crippen molar-refractivity contribution in [2.75, 3.05) is 37.9 Å². The summed E-state index contributed by atoms with van der Waals surface area (Å²) in [5, 5.41) is 5.82. The Kier molecular flexibility index (Phi) is 8.02. The van der Waals surface area contributed by atoms with Crippen LogP contribution in [0.2, 0.25) is 0 Å². The average Bonchev–Trinajstić information content (AvgIpc) is 2.68. The molecule has 1 unspecified atom stereocenters. The van der Waals surface area contributed by atoms with Crippen molar-refractivity contribution in [3.8, 4) is 5.75 Å². The minimum atomic E-state index is -0.143. The lowest BCUT2D eigenvalue weighted by Crippen LogP contribution is -3.11. The van der Waals surface area contributed by atoms with E-state index in [1.54, 1.807) is 31.4 Å². The second-order valence-electron chi connectivity index (χ2n) is 7.03. The van der Waals surface area contributed by atoms with Crippen molar-refractivity contribution in [2.45, 2.75) is 26.2 Å². The molecule has 0 heterocycles. The summed E-state index contributed by atoms with van der Waals surface area (Å²) in [5.41, 5.74) is 2.68. The first kappa shape index (κ1) is 21.4. The molecule has 3 N–H and O–H groups in total. The fourth-order valence-corrected chi connectivity index (χ4v) is 2.95. The third-order valence-corrected chi connectivity index (χ3v) is 4.68. The molecule has 2 amide bonds. The van der Waals surface area contributed by atoms with Crippen LogP contribution in [0.25, 0.3) is 0 Å². The standard InChI is InChI=1S/C22H29N3O3/c1-5-16(2)19-8-6-7-9-20(19)24-22(27)15-25(3)14-21(26)23-17-10-12-18(28-4)13-11-17/h6-13,16H,5,14-15H2,1-4H3,(H,23,26)(H,24,27)/p+1/t16-/m1/s1. The first-order chi connectivity index (χ1) is 13.4. The fourth-order valence-electron chi connectivity index (χ4n) is 2.95. The Hall–Kier alpha value is -2.86. The number of carbonyl (C=O) groups is 2. The third kappa shape index (κ3) is 6.39. The number of hydrogen-bond donors (Lipinski definition) is 3. The van der Waals surface area contributed by atoms with Crippen molar-refractivity contribution < 1.29 is 19.2 Å². The molecule has 2 rings (SSSR count). The Balaban J connectivity index is 1.86. The smallest absolute Gasteiger partial charge is 0.279 e. The van der Waals surface area contributed by atoms with Crippen LogP contribution in [0.4, 0.5) is 11.4 Å². The zero-order valence-corrected chi connectivity index (χ0v) is 17.0. The summed E-state index contributed by atoms with van der Waals surface area (Å²) in [6.45, 7) is 4.69. The van der Waals surface area contributed by atoms with Gasteiger partial charge in [-0.15, -0.1) is 0 Å². The van der Waals surface area contributed by atoms with Gasteiger partial charge in [0.2, 0.25) is 0 Å². The molecule has 0 spiro atoms. The number of amides is 2. The Morgan fingerprint density at radius 3 is 2.21 bits per heavy atom. The SMILES string of the molecule is CC[C@@H](C)c1ccccc1NC(=O)C[NH+](C)CC(=O)Nc1ccc(OC)cc1. The van der Waals surface area contributed by atoms with E-state index in [-0.39, 0.29) is 24.9 Å². The number of benzene rings is 2. The summed E-state index contributed by atoms with van der Waals surface area (Å²) in [7, 11) is 3.42. The zero-order valence-electron chi connectivity index (χ0n) is 17.0. The summed E-state index contributed by atoms with van der Waals surface area (Å²) in [5.74, 6) is 0.855. The molecule has 0 saturated carbocycles. The number of hydrogen-bond acceptors (Lipinski definition) is 3. The number of para-hydroxylation sites is 1. The van der Waals surface area contributed by atoms with E-state index < -0.39 is 0 Å². The van der Waals surface area contributed by atoms with Crippen LogP contribution < -0.4 is 20.3 Å². The normalized spacial score (nSPS) is 12.7. The first-order valence-electron chi connectivity index (χ1n) is 9.56. The summed E-state index contributed by atoms with van der Waals surface area (Å²) < 4.78 is 5.10. The average molecular weight is 385 g/mol. The molecule has 0 radical (unpaired) electrons. The van der Waals surface area contributed by atoms with Crippen LogP contribution in [0.5, 0.6) is 5.75 Å². The van der Waals surface area contributed by atoms with Crippen molar-refractivity contribution >= 4 is 23.2 Å². The van der Waals surface area contributed by atoms with E-state index in [1.807, 2.05) is 31.3 Å². The van der Waals surface area contributed by atoms with E-state index in [9.17, 15) is 9.59 Å². The highest BCUT2D eigenvalue weighted by atomic mass is 16.5. The summed E-state index contributed by atoms with van der Waals surface area (Å²) >= 11 is 0. The molecule has 0 aliphatic rings. The molecule has 150 valence electrons. The van der Waals surface area contributed by atoms with Gasteiger partial charge in [-0.05, 0) is 48.2 Å². The predicted octanol–water partition coefficient (Wildman–Crippen LogP) is 2.30. The maximum atomic E-state index is 12.4. The highest BCUT2D eigenvalue weighted by molar-refractivity contribution is 5.93. The largest absolute Gasteiger partial charge is 0.497 e. The lowest BCUT2D eigenvalue weighted by Gasteiger charge is -2.17. The minimum Gasteiger partial charge on any atom is -0.497 e. The molecule has 0 aliphatic heterocycles. The molecule has 0 fully saturated rings. The molecule has 28 heavy (non-hydrogen) atoms. The molecule has 0 saturated heterocycles. The maximum Gasteiger partial charge on any atom is 0.279 e. The van der Waals surface area contributed by atoms with Gasteiger partial charge >= 0.3 is 0 Å². The van der Waals surface area contributed by atoms with Crippen LogP contribution in [0.1, 0.15) is 31.7 Å². The number of carbonyl (C=O) groups excluding carboxylic acids is 2. The molecule has 0 aliphatic carbocycles. The molecular formula is C22H30N3O3+. The van der Waals surface area contributed by atoms with Crippen molar-refractivity contribution in [3.63, 3.8) is 0 Å². The molecule has 2 aromatic carbocycles. The van der Waals surface area contributed by atoms with E-state index in [4.69, 9.17) is 4.74 Å². The maximum absolute atomic E-state index is 12.4. The van der Waals surface area contributed by atoms with Crippen LogP contribution in [-0.4, -0.2) is 39.1 Å². The van der Waals surface area contributed by atoms with E-state index in [2.05, 4.69) is 24.5 Å². The van der Waals surface area contributed by atoms with Gasteiger partial charge < -0.3 is 20.3 Å². The van der Waals surface area contributed by atoms with E-state index in [1.165, 1.54) is 0 Å². The Morgan fingerprint density at radius 2 is 1.61 bits per heavy atom. The minimum absolute atomic E-state index is 0.106. The van der Waals surface area contributed by atoms with Crippen molar-refractivity contribution in [1.29, 1.82) is 0 Å². The van der Waals surface area contributed by atoms with Crippen LogP contribution in [-0.2, 0) is 9.59 Å². The second kappa shape index (κ2) is 10.5. The van der Waals surface area contributed by atoms with Crippen molar-refractivity contribution in [1.82, 2.24) is 0 Å². The van der Waals surface area contributed by atoms with Gasteiger partial charge in [0.05, 0.1) is 14.2 Å². The zero-order chi connectivity index (χ0) is 20.5. The summed E-state index contributed by atoms with van der Waals surface area (Å²) in [4.78, 5) is 25.4. The highest BCUT2D eigenvalue weighted by Gasteiger charge is 2.16. The van der Waals surface area contributed by atoms with Gasteiger partial charge in [-0.25, -0.2) is 0 Å². The van der Waals surface area contributed by atoms with Crippen LogP contribution in [0.3, 0.4) is 0 Å². The Bertz CT molecular complexity index is 790. The highest BCUT2D eigenvalue weighted by Crippen LogP contribution is 2.26. The van der Waals surface area contributed by atoms with Gasteiger partial charge in [0.25, 0.3) is 11.8 Å². The number of rotatable bonds is 9. The second-order valence-corrected chi connectivity index (χ2v) is 7.03. The number of nitrogens with one attached hydrogen (secondary N) is 3. The van der Waals surface area contributed by atoms with Crippen LogP contribution in [0, 0.1) is 0 Å². The predicted molar refractivity (Wildman–Crippen MR) is 112 cm³/mol. The summed E-state index contributed by atoms with van der Waals surface area (Å²) in [6.07, 6.45) is 1.00. The number of anilines is 2. The molecule has 2 atom stereocenters. The van der Waals surface area contributed by atoms with Gasteiger partial charge in [-0.2, -0.15) is 0 Å². The Morgan fingerprint density at radius 1 is 1.00 bits per heavy atom. The van der Waals surface area contributed by atoms with Crippen LogP contribution in [0.15, 0.2) is 48.5 Å². The molecule has 0 aromatic heterocycles. The number of quaternary nitrogens is 1. The lowest BCUT2D eigenvalue weighted by atomic mass is 9.97. The van der Waals surface area contributed by atoms with E-state index >= 15 is 0 Å².